The van der Waals surface area contributed by atoms with E-state index in [0.29, 0.717) is 6.04 Å². The van der Waals surface area contributed by atoms with Crippen LogP contribution in [-0.4, -0.2) is 19.1 Å². The van der Waals surface area contributed by atoms with Crippen LogP contribution in [0.25, 0.3) is 0 Å². The summed E-state index contributed by atoms with van der Waals surface area (Å²) in [6.07, 6.45) is 2.56. The topological polar surface area (TPSA) is 15.3 Å². The maximum atomic E-state index is 3.62. The highest BCUT2D eigenvalue weighted by Crippen LogP contribution is 2.15. The number of anilines is 1. The Morgan fingerprint density at radius 3 is 2.05 bits per heavy atom. The number of hydrogen-bond donors (Lipinski definition) is 1. The van der Waals surface area contributed by atoms with Gasteiger partial charge in [-0.3, -0.25) is 0 Å². The lowest BCUT2D eigenvalue weighted by atomic mass is 10.0. The first kappa shape index (κ1) is 17.0. The number of hydrogen-bond acceptors (Lipinski definition) is 2. The van der Waals surface area contributed by atoms with E-state index in [9.17, 15) is 0 Å². The summed E-state index contributed by atoms with van der Waals surface area (Å²) in [6, 6.07) is 9.57. The number of benzene rings is 1. The molecular formula is C18H32N2. The highest BCUT2D eigenvalue weighted by molar-refractivity contribution is 5.47. The Morgan fingerprint density at radius 1 is 0.950 bits per heavy atom. The Bertz CT molecular complexity index is 352. The molecule has 1 unspecified atom stereocenters. The molecule has 0 aliphatic heterocycles. The van der Waals surface area contributed by atoms with Gasteiger partial charge in [0.1, 0.15) is 0 Å². The van der Waals surface area contributed by atoms with Gasteiger partial charge >= 0.3 is 0 Å². The molecule has 0 aliphatic carbocycles. The normalized spacial score (nSPS) is 12.7. The number of nitrogens with one attached hydrogen (secondary N) is 1. The van der Waals surface area contributed by atoms with E-state index in [2.05, 4.69) is 69.1 Å². The summed E-state index contributed by atoms with van der Waals surface area (Å²) in [5.41, 5.74) is 2.70. The van der Waals surface area contributed by atoms with Crippen LogP contribution in [0.5, 0.6) is 0 Å². The highest BCUT2D eigenvalue weighted by atomic mass is 15.1. The monoisotopic (exact) mass is 276 g/mol. The van der Waals surface area contributed by atoms with Crippen LogP contribution in [0.1, 0.15) is 53.0 Å². The maximum Gasteiger partial charge on any atom is 0.0366 e. The molecule has 2 heteroatoms. The Labute approximate surface area is 125 Å². The Kier molecular flexibility index (Phi) is 7.68. The minimum absolute atomic E-state index is 0.597. The molecule has 0 saturated carbocycles. The van der Waals surface area contributed by atoms with Gasteiger partial charge in [-0.1, -0.05) is 26.0 Å². The third kappa shape index (κ3) is 5.96. The van der Waals surface area contributed by atoms with Gasteiger partial charge in [-0.25, -0.2) is 0 Å². The predicted octanol–water partition coefficient (Wildman–Crippen LogP) is 4.45. The van der Waals surface area contributed by atoms with Crippen LogP contribution in [-0.2, 0) is 6.54 Å². The highest BCUT2D eigenvalue weighted by Gasteiger charge is 2.04. The molecule has 0 fully saturated rings. The molecule has 1 aromatic rings. The van der Waals surface area contributed by atoms with Gasteiger partial charge in [-0.15, -0.1) is 0 Å². The van der Waals surface area contributed by atoms with Crippen LogP contribution in [0.3, 0.4) is 0 Å². The molecule has 114 valence electrons. The molecule has 0 amide bonds. The molecule has 1 rings (SSSR count). The molecule has 0 aromatic heterocycles. The zero-order valence-corrected chi connectivity index (χ0v) is 13.9. The van der Waals surface area contributed by atoms with Crippen molar-refractivity contribution < 1.29 is 0 Å². The van der Waals surface area contributed by atoms with Gasteiger partial charge in [0.2, 0.25) is 0 Å². The predicted molar refractivity (Wildman–Crippen MR) is 90.4 cm³/mol. The van der Waals surface area contributed by atoms with Crippen LogP contribution >= 0.6 is 0 Å². The lowest BCUT2D eigenvalue weighted by Crippen LogP contribution is -2.26. The second-order valence-electron chi connectivity index (χ2n) is 6.09. The first-order chi connectivity index (χ1) is 9.56. The first-order valence-corrected chi connectivity index (χ1v) is 8.14. The number of nitrogens with zero attached hydrogens (tertiary/aromatic N) is 1. The van der Waals surface area contributed by atoms with Gasteiger partial charge < -0.3 is 10.2 Å². The van der Waals surface area contributed by atoms with Crippen LogP contribution in [0.4, 0.5) is 5.69 Å². The zero-order valence-electron chi connectivity index (χ0n) is 13.9. The van der Waals surface area contributed by atoms with Crippen molar-refractivity contribution in [3.63, 3.8) is 0 Å². The lowest BCUT2D eigenvalue weighted by Gasteiger charge is -2.21. The number of rotatable bonds is 9. The van der Waals surface area contributed by atoms with Crippen molar-refractivity contribution in [2.45, 2.75) is 60.0 Å². The summed E-state index contributed by atoms with van der Waals surface area (Å²) in [5, 5.41) is 3.62. The van der Waals surface area contributed by atoms with E-state index >= 15 is 0 Å². The minimum atomic E-state index is 0.597. The van der Waals surface area contributed by atoms with E-state index in [1.54, 1.807) is 0 Å². The smallest absolute Gasteiger partial charge is 0.0366 e. The molecule has 2 nitrogen and oxygen atoms in total. The zero-order chi connectivity index (χ0) is 15.0. The van der Waals surface area contributed by atoms with Crippen molar-refractivity contribution in [2.75, 3.05) is 18.0 Å². The van der Waals surface area contributed by atoms with Gasteiger partial charge in [-0.05, 0) is 57.2 Å². The molecule has 20 heavy (non-hydrogen) atoms. The largest absolute Gasteiger partial charge is 0.372 e. The third-order valence-electron chi connectivity index (χ3n) is 3.90. The Morgan fingerprint density at radius 2 is 1.55 bits per heavy atom. The SMILES string of the molecule is CCN(CC)c1ccc(CNC(C)CCC(C)C)cc1. The van der Waals surface area contributed by atoms with Crippen molar-refractivity contribution in [3.05, 3.63) is 29.8 Å². The van der Waals surface area contributed by atoms with E-state index in [0.717, 1.165) is 25.6 Å². The fraction of sp³-hybridized carbons (Fsp3) is 0.667. The molecule has 0 saturated heterocycles. The van der Waals surface area contributed by atoms with Crippen LogP contribution in [0.2, 0.25) is 0 Å². The summed E-state index contributed by atoms with van der Waals surface area (Å²) < 4.78 is 0. The molecule has 1 atom stereocenters. The minimum Gasteiger partial charge on any atom is -0.372 e. The fourth-order valence-electron chi connectivity index (χ4n) is 2.39. The van der Waals surface area contributed by atoms with Crippen molar-refractivity contribution in [3.8, 4) is 0 Å². The summed E-state index contributed by atoms with van der Waals surface area (Å²) in [7, 11) is 0. The van der Waals surface area contributed by atoms with Crippen molar-refractivity contribution >= 4 is 5.69 Å². The lowest BCUT2D eigenvalue weighted by molar-refractivity contribution is 0.451. The van der Waals surface area contributed by atoms with Gasteiger partial charge in [0.05, 0.1) is 0 Å². The second kappa shape index (κ2) is 9.02. The summed E-state index contributed by atoms with van der Waals surface area (Å²) in [6.45, 7) is 14.4. The molecule has 0 radical (unpaired) electrons. The fourth-order valence-corrected chi connectivity index (χ4v) is 2.39. The van der Waals surface area contributed by atoms with Crippen LogP contribution in [0, 0.1) is 5.92 Å². The molecule has 0 spiro atoms. The van der Waals surface area contributed by atoms with Crippen LogP contribution in [0.15, 0.2) is 24.3 Å². The maximum absolute atomic E-state index is 3.62. The summed E-state index contributed by atoms with van der Waals surface area (Å²) in [4.78, 5) is 2.38. The van der Waals surface area contributed by atoms with Gasteiger partial charge in [-0.2, -0.15) is 0 Å². The molecule has 1 N–H and O–H groups in total. The summed E-state index contributed by atoms with van der Waals surface area (Å²) in [5.74, 6) is 0.799. The van der Waals surface area contributed by atoms with E-state index in [1.165, 1.54) is 24.1 Å². The van der Waals surface area contributed by atoms with Crippen molar-refractivity contribution in [1.29, 1.82) is 0 Å². The van der Waals surface area contributed by atoms with E-state index in [1.807, 2.05) is 0 Å². The molecular weight excluding hydrogens is 244 g/mol. The van der Waals surface area contributed by atoms with Crippen LogP contribution < -0.4 is 10.2 Å². The Balaban J connectivity index is 2.41. The average molecular weight is 276 g/mol. The first-order valence-electron chi connectivity index (χ1n) is 8.14. The average Bonchev–Trinajstić information content (AvgIpc) is 2.45. The quantitative estimate of drug-likeness (QED) is 0.717. The third-order valence-corrected chi connectivity index (χ3v) is 3.90. The van der Waals surface area contributed by atoms with Crippen molar-refractivity contribution in [2.24, 2.45) is 5.92 Å². The van der Waals surface area contributed by atoms with E-state index < -0.39 is 0 Å². The standard InChI is InChI=1S/C18H32N2/c1-6-20(7-2)18-12-10-17(11-13-18)14-19-16(5)9-8-15(3)4/h10-13,15-16,19H,6-9,14H2,1-5H3. The van der Waals surface area contributed by atoms with Gasteiger partial charge in [0, 0.05) is 31.4 Å². The second-order valence-corrected chi connectivity index (χ2v) is 6.09. The molecule has 0 bridgehead atoms. The van der Waals surface area contributed by atoms with E-state index in [4.69, 9.17) is 0 Å². The van der Waals surface area contributed by atoms with Gasteiger partial charge in [0.25, 0.3) is 0 Å². The molecule has 1 aromatic carbocycles. The van der Waals surface area contributed by atoms with Crippen molar-refractivity contribution in [1.82, 2.24) is 5.32 Å². The molecule has 0 aliphatic rings. The van der Waals surface area contributed by atoms with E-state index in [-0.39, 0.29) is 0 Å². The van der Waals surface area contributed by atoms with Gasteiger partial charge in [0.15, 0.2) is 0 Å². The molecule has 0 heterocycles. The summed E-state index contributed by atoms with van der Waals surface area (Å²) >= 11 is 0. The Hall–Kier alpha value is -1.02.